The number of hydrogen-bond donors (Lipinski definition) is 0. The fourth-order valence-corrected chi connectivity index (χ4v) is 2.71. The predicted molar refractivity (Wildman–Crippen MR) is 81.4 cm³/mol. The minimum Gasteiger partial charge on any atom is -0.360 e. The first-order valence-corrected chi connectivity index (χ1v) is 7.65. The van der Waals surface area contributed by atoms with Gasteiger partial charge in [0.05, 0.1) is 6.10 Å². The highest BCUT2D eigenvalue weighted by Crippen LogP contribution is 2.43. The molecular formula is C16H32FNO. The summed E-state index contributed by atoms with van der Waals surface area (Å²) in [7, 11) is 1.96. The van der Waals surface area contributed by atoms with Gasteiger partial charge in [0, 0.05) is 13.1 Å². The highest BCUT2D eigenvalue weighted by molar-refractivity contribution is 5.32. The lowest BCUT2D eigenvalue weighted by Crippen LogP contribution is -2.53. The Hall–Kier alpha value is -0.410. The van der Waals surface area contributed by atoms with Gasteiger partial charge in [0.1, 0.15) is 11.8 Å². The smallest absolute Gasteiger partial charge is 0.145 e. The van der Waals surface area contributed by atoms with E-state index in [9.17, 15) is 4.39 Å². The van der Waals surface area contributed by atoms with Crippen molar-refractivity contribution in [2.24, 2.45) is 0 Å². The van der Waals surface area contributed by atoms with Crippen LogP contribution in [0.3, 0.4) is 0 Å². The van der Waals surface area contributed by atoms with Crippen LogP contribution in [0, 0.1) is 0 Å². The first-order valence-electron chi connectivity index (χ1n) is 7.65. The van der Waals surface area contributed by atoms with Crippen LogP contribution in [-0.4, -0.2) is 42.9 Å². The second-order valence-corrected chi connectivity index (χ2v) is 4.94. The van der Waals surface area contributed by atoms with E-state index in [1.807, 2.05) is 53.5 Å². The Kier molecular flexibility index (Phi) is 7.83. The maximum atomic E-state index is 14.2. The van der Waals surface area contributed by atoms with Gasteiger partial charge in [-0.15, -0.1) is 0 Å². The fraction of sp³-hybridized carbons (Fsp3) is 0.875. The van der Waals surface area contributed by atoms with Gasteiger partial charge in [0.2, 0.25) is 0 Å². The molecule has 0 saturated carbocycles. The average Bonchev–Trinajstić information content (AvgIpc) is 2.65. The second kappa shape index (κ2) is 8.01. The number of ether oxygens (including phenoxy) is 1. The summed E-state index contributed by atoms with van der Waals surface area (Å²) >= 11 is 0. The highest BCUT2D eigenvalue weighted by Gasteiger charge is 2.50. The van der Waals surface area contributed by atoms with Crippen LogP contribution in [0.1, 0.15) is 54.9 Å². The number of rotatable bonds is 0. The van der Waals surface area contributed by atoms with Crippen molar-refractivity contribution >= 4 is 0 Å². The van der Waals surface area contributed by atoms with Gasteiger partial charge < -0.3 is 9.64 Å². The average molecular weight is 273 g/mol. The summed E-state index contributed by atoms with van der Waals surface area (Å²) < 4.78 is 20.1. The molecule has 19 heavy (non-hydrogen) atoms. The van der Waals surface area contributed by atoms with Crippen LogP contribution < -0.4 is 0 Å². The van der Waals surface area contributed by atoms with Crippen molar-refractivity contribution in [1.29, 1.82) is 0 Å². The molecule has 2 aliphatic rings. The Morgan fingerprint density at radius 2 is 1.74 bits per heavy atom. The molecule has 2 nitrogen and oxygen atoms in total. The molecule has 2 aliphatic heterocycles. The molecule has 0 aromatic heterocycles. The summed E-state index contributed by atoms with van der Waals surface area (Å²) in [6.07, 6.45) is -0.0409. The molecule has 114 valence electrons. The third kappa shape index (κ3) is 3.57. The van der Waals surface area contributed by atoms with E-state index in [-0.39, 0.29) is 6.10 Å². The lowest BCUT2D eigenvalue weighted by atomic mass is 9.83. The minimum absolute atomic E-state index is 0.0756. The molecular weight excluding hydrogens is 241 g/mol. The molecule has 0 bridgehead atoms. The maximum absolute atomic E-state index is 14.2. The molecule has 2 heterocycles. The molecule has 0 N–H and O–H groups in total. The summed E-state index contributed by atoms with van der Waals surface area (Å²) in [6.45, 7) is 15.5. The summed E-state index contributed by atoms with van der Waals surface area (Å²) in [4.78, 5) is 2.03. The summed E-state index contributed by atoms with van der Waals surface area (Å²) in [6, 6.07) is 0. The van der Waals surface area contributed by atoms with Crippen LogP contribution in [-0.2, 0) is 4.74 Å². The molecule has 1 spiro atoms. The summed E-state index contributed by atoms with van der Waals surface area (Å²) in [5.41, 5.74) is 1.72. The van der Waals surface area contributed by atoms with Crippen molar-refractivity contribution in [2.45, 2.75) is 72.8 Å². The Bertz CT molecular complexity index is 303. The van der Waals surface area contributed by atoms with E-state index in [1.54, 1.807) is 0 Å². The zero-order chi connectivity index (χ0) is 15.2. The van der Waals surface area contributed by atoms with Gasteiger partial charge in [-0.2, -0.15) is 0 Å². The number of hydrogen-bond acceptors (Lipinski definition) is 2. The van der Waals surface area contributed by atoms with E-state index >= 15 is 0 Å². The Labute approximate surface area is 119 Å². The number of likely N-dealkylation sites (tertiary alicyclic amines) is 1. The fourth-order valence-electron chi connectivity index (χ4n) is 2.71. The number of halogens is 1. The van der Waals surface area contributed by atoms with Crippen LogP contribution in [0.5, 0.6) is 0 Å². The Morgan fingerprint density at radius 1 is 1.21 bits per heavy atom. The third-order valence-corrected chi connectivity index (χ3v) is 4.07. The van der Waals surface area contributed by atoms with Gasteiger partial charge in [-0.3, -0.25) is 0 Å². The Balaban J connectivity index is 0.000000741. The minimum atomic E-state index is -0.892. The van der Waals surface area contributed by atoms with Gasteiger partial charge in [0.15, 0.2) is 0 Å². The summed E-state index contributed by atoms with van der Waals surface area (Å²) in [5, 5.41) is 0. The zero-order valence-electron chi connectivity index (χ0n) is 14.0. The largest absolute Gasteiger partial charge is 0.360 e. The van der Waals surface area contributed by atoms with Crippen molar-refractivity contribution in [1.82, 2.24) is 4.90 Å². The quantitative estimate of drug-likeness (QED) is 0.613. The molecule has 0 radical (unpaired) electrons. The van der Waals surface area contributed by atoms with E-state index < -0.39 is 11.8 Å². The normalized spacial score (nSPS) is 34.6. The predicted octanol–water partition coefficient (Wildman–Crippen LogP) is 4.21. The van der Waals surface area contributed by atoms with Crippen LogP contribution in [0.4, 0.5) is 4.39 Å². The van der Waals surface area contributed by atoms with Crippen LogP contribution in [0.15, 0.2) is 11.1 Å². The van der Waals surface area contributed by atoms with Crippen molar-refractivity contribution in [3.8, 4) is 0 Å². The third-order valence-electron chi connectivity index (χ3n) is 4.07. The van der Waals surface area contributed by atoms with E-state index in [0.717, 1.165) is 18.5 Å². The number of alkyl halides is 1. The zero-order valence-corrected chi connectivity index (χ0v) is 14.0. The first-order chi connectivity index (χ1) is 8.97. The van der Waals surface area contributed by atoms with Crippen LogP contribution in [0.25, 0.3) is 0 Å². The first kappa shape index (κ1) is 18.6. The van der Waals surface area contributed by atoms with Gasteiger partial charge in [0.25, 0.3) is 0 Å². The molecule has 0 aliphatic carbocycles. The molecule has 0 amide bonds. The van der Waals surface area contributed by atoms with Crippen molar-refractivity contribution in [3.05, 3.63) is 11.1 Å². The standard InChI is InChI=1S/C12H20FNO.2C2H6/c1-8-9(2)12(15-10(8)3)5-6-14(4)7-11(12)13;2*1-2/h10-11H,5-7H2,1-4H3;2*1-2H3. The highest BCUT2D eigenvalue weighted by atomic mass is 19.1. The van der Waals surface area contributed by atoms with E-state index in [4.69, 9.17) is 4.74 Å². The summed E-state index contributed by atoms with van der Waals surface area (Å²) in [5.74, 6) is 0. The lowest BCUT2D eigenvalue weighted by Gasteiger charge is -2.41. The van der Waals surface area contributed by atoms with Crippen molar-refractivity contribution < 1.29 is 9.13 Å². The molecule has 1 saturated heterocycles. The van der Waals surface area contributed by atoms with Gasteiger partial charge in [-0.25, -0.2) is 4.39 Å². The molecule has 3 unspecified atom stereocenters. The number of nitrogens with zero attached hydrogens (tertiary/aromatic N) is 1. The van der Waals surface area contributed by atoms with E-state index in [0.29, 0.717) is 6.54 Å². The van der Waals surface area contributed by atoms with Crippen molar-refractivity contribution in [2.75, 3.05) is 20.1 Å². The van der Waals surface area contributed by atoms with E-state index in [1.165, 1.54) is 5.57 Å². The Morgan fingerprint density at radius 3 is 2.11 bits per heavy atom. The number of piperidine rings is 1. The molecule has 1 fully saturated rings. The van der Waals surface area contributed by atoms with E-state index in [2.05, 4.69) is 6.92 Å². The second-order valence-electron chi connectivity index (χ2n) is 4.94. The molecule has 0 aromatic rings. The van der Waals surface area contributed by atoms with Crippen molar-refractivity contribution in [3.63, 3.8) is 0 Å². The molecule has 3 atom stereocenters. The molecule has 0 aromatic carbocycles. The van der Waals surface area contributed by atoms with Gasteiger partial charge >= 0.3 is 0 Å². The van der Waals surface area contributed by atoms with Gasteiger partial charge in [-0.1, -0.05) is 27.7 Å². The SMILES string of the molecule is CC.CC.CC1=C(C)C2(CCN(C)CC2F)OC1C. The molecule has 3 heteroatoms. The van der Waals surface area contributed by atoms with Gasteiger partial charge in [-0.05, 0) is 45.4 Å². The monoisotopic (exact) mass is 273 g/mol. The van der Waals surface area contributed by atoms with Crippen LogP contribution in [0.2, 0.25) is 0 Å². The molecule has 2 rings (SSSR count). The maximum Gasteiger partial charge on any atom is 0.145 e. The lowest BCUT2D eigenvalue weighted by molar-refractivity contribution is -0.105. The topological polar surface area (TPSA) is 12.5 Å². The van der Waals surface area contributed by atoms with Crippen LogP contribution >= 0.6 is 0 Å².